The molecule has 0 spiro atoms. The molecule has 1 heterocycles. The van der Waals surface area contributed by atoms with Crippen molar-refractivity contribution in [1.82, 2.24) is 10.6 Å². The first-order chi connectivity index (χ1) is 11.6. The topological polar surface area (TPSA) is 54.9 Å². The van der Waals surface area contributed by atoms with Gasteiger partial charge in [-0.3, -0.25) is 0 Å². The average molecular weight is 465 g/mol. The van der Waals surface area contributed by atoms with Gasteiger partial charge < -0.3 is 20.1 Å². The fourth-order valence-corrected chi connectivity index (χ4v) is 2.67. The van der Waals surface area contributed by atoms with Gasteiger partial charge in [-0.25, -0.2) is 9.38 Å². The minimum absolute atomic E-state index is 0. The molecule has 0 saturated carbocycles. The highest BCUT2D eigenvalue weighted by atomic mass is 127. The monoisotopic (exact) mass is 465 g/mol. The van der Waals surface area contributed by atoms with Gasteiger partial charge in [-0.05, 0) is 51.3 Å². The van der Waals surface area contributed by atoms with Gasteiger partial charge in [-0.1, -0.05) is 6.07 Å². The predicted octanol–water partition coefficient (Wildman–Crippen LogP) is 3.47. The lowest BCUT2D eigenvalue weighted by molar-refractivity contribution is 0.0243. The summed E-state index contributed by atoms with van der Waals surface area (Å²) in [5, 5.41) is 6.52. The quantitative estimate of drug-likeness (QED) is 0.368. The summed E-state index contributed by atoms with van der Waals surface area (Å²) in [5.74, 6) is 0.638. The average Bonchev–Trinajstić information content (AvgIpc) is 3.00. The fraction of sp³-hybridized carbons (Fsp3) is 0.611. The molecule has 0 aliphatic carbocycles. The Morgan fingerprint density at radius 3 is 2.76 bits per heavy atom. The molecule has 0 radical (unpaired) electrons. The van der Waals surface area contributed by atoms with Gasteiger partial charge in [0.1, 0.15) is 0 Å². The Balaban J connectivity index is 0.00000312. The van der Waals surface area contributed by atoms with Crippen LogP contribution in [0.2, 0.25) is 0 Å². The molecule has 1 fully saturated rings. The SMILES string of the molecule is CCNC(=NCc1ccc(OCC)c(F)c1)NCC1(C)CCCO1.I. The van der Waals surface area contributed by atoms with E-state index in [0.29, 0.717) is 25.7 Å². The first-order valence-electron chi connectivity index (χ1n) is 8.63. The molecular formula is C18H29FIN3O2. The maximum absolute atomic E-state index is 13.9. The first kappa shape index (κ1) is 22.0. The van der Waals surface area contributed by atoms with Crippen LogP contribution >= 0.6 is 24.0 Å². The Labute approximate surface area is 166 Å². The summed E-state index contributed by atoms with van der Waals surface area (Å²) >= 11 is 0. The highest BCUT2D eigenvalue weighted by molar-refractivity contribution is 14.0. The van der Waals surface area contributed by atoms with Gasteiger partial charge >= 0.3 is 0 Å². The number of ether oxygens (including phenoxy) is 2. The van der Waals surface area contributed by atoms with Crippen molar-refractivity contribution in [2.75, 3.05) is 26.3 Å². The maximum atomic E-state index is 13.9. The molecule has 7 heteroatoms. The third-order valence-electron chi connectivity index (χ3n) is 3.99. The Hall–Kier alpha value is -1.09. The zero-order valence-electron chi connectivity index (χ0n) is 15.2. The summed E-state index contributed by atoms with van der Waals surface area (Å²) in [6.45, 7) is 9.09. The van der Waals surface area contributed by atoms with Gasteiger partial charge in [0.25, 0.3) is 0 Å². The molecule has 0 amide bonds. The lowest BCUT2D eigenvalue weighted by Gasteiger charge is -2.24. The van der Waals surface area contributed by atoms with E-state index >= 15 is 0 Å². The Morgan fingerprint density at radius 2 is 2.16 bits per heavy atom. The molecule has 1 atom stereocenters. The molecule has 0 aromatic heterocycles. The number of nitrogens with one attached hydrogen (secondary N) is 2. The molecule has 1 saturated heterocycles. The van der Waals surface area contributed by atoms with E-state index in [1.54, 1.807) is 6.07 Å². The molecule has 1 aromatic rings. The second-order valence-corrected chi connectivity index (χ2v) is 6.15. The third-order valence-corrected chi connectivity index (χ3v) is 3.99. The summed E-state index contributed by atoms with van der Waals surface area (Å²) in [6, 6.07) is 4.96. The van der Waals surface area contributed by atoms with Crippen molar-refractivity contribution in [2.24, 2.45) is 4.99 Å². The summed E-state index contributed by atoms with van der Waals surface area (Å²) in [6.07, 6.45) is 2.14. The smallest absolute Gasteiger partial charge is 0.191 e. The lowest BCUT2D eigenvalue weighted by atomic mass is 10.0. The zero-order chi connectivity index (χ0) is 17.4. The van der Waals surface area contributed by atoms with Crippen molar-refractivity contribution in [3.05, 3.63) is 29.6 Å². The van der Waals surface area contributed by atoms with Crippen molar-refractivity contribution in [1.29, 1.82) is 0 Å². The molecule has 1 aromatic carbocycles. The minimum atomic E-state index is -0.352. The van der Waals surface area contributed by atoms with Crippen LogP contribution < -0.4 is 15.4 Å². The molecule has 5 nitrogen and oxygen atoms in total. The highest BCUT2D eigenvalue weighted by Crippen LogP contribution is 2.23. The highest BCUT2D eigenvalue weighted by Gasteiger charge is 2.29. The van der Waals surface area contributed by atoms with Gasteiger partial charge in [0.05, 0.1) is 18.8 Å². The number of aliphatic imine (C=N–C) groups is 1. The number of hydrogen-bond donors (Lipinski definition) is 2. The van der Waals surface area contributed by atoms with Crippen LogP contribution in [0.25, 0.3) is 0 Å². The van der Waals surface area contributed by atoms with E-state index in [1.807, 2.05) is 19.9 Å². The van der Waals surface area contributed by atoms with Crippen molar-refractivity contribution in [3.63, 3.8) is 0 Å². The lowest BCUT2D eigenvalue weighted by Crippen LogP contribution is -2.45. The Bertz CT molecular complexity index is 563. The van der Waals surface area contributed by atoms with Crippen LogP contribution in [0.1, 0.15) is 39.2 Å². The molecule has 2 rings (SSSR count). The summed E-state index contributed by atoms with van der Waals surface area (Å²) < 4.78 is 24.9. The van der Waals surface area contributed by atoms with E-state index in [1.165, 1.54) is 6.07 Å². The van der Waals surface area contributed by atoms with Crippen LogP contribution in [0.5, 0.6) is 5.75 Å². The number of rotatable bonds is 7. The van der Waals surface area contributed by atoms with E-state index < -0.39 is 0 Å². The van der Waals surface area contributed by atoms with Crippen molar-refractivity contribution >= 4 is 29.9 Å². The van der Waals surface area contributed by atoms with E-state index in [9.17, 15) is 4.39 Å². The van der Waals surface area contributed by atoms with Gasteiger partial charge in [-0.15, -0.1) is 24.0 Å². The number of halogens is 2. The summed E-state index contributed by atoms with van der Waals surface area (Å²) in [7, 11) is 0. The summed E-state index contributed by atoms with van der Waals surface area (Å²) in [4.78, 5) is 4.52. The minimum Gasteiger partial charge on any atom is -0.491 e. The van der Waals surface area contributed by atoms with Crippen LogP contribution in [0.15, 0.2) is 23.2 Å². The largest absolute Gasteiger partial charge is 0.491 e. The molecule has 1 aliphatic rings. The number of hydrogen-bond acceptors (Lipinski definition) is 3. The molecular weight excluding hydrogens is 436 g/mol. The van der Waals surface area contributed by atoms with Gasteiger partial charge in [0.15, 0.2) is 17.5 Å². The fourth-order valence-electron chi connectivity index (χ4n) is 2.67. The van der Waals surface area contributed by atoms with E-state index in [-0.39, 0.29) is 41.1 Å². The second kappa shape index (κ2) is 10.8. The van der Waals surface area contributed by atoms with E-state index in [4.69, 9.17) is 9.47 Å². The van der Waals surface area contributed by atoms with Crippen LogP contribution in [0, 0.1) is 5.82 Å². The Morgan fingerprint density at radius 1 is 1.36 bits per heavy atom. The Kier molecular flexibility index (Phi) is 9.48. The van der Waals surface area contributed by atoms with Crippen LogP contribution in [-0.4, -0.2) is 37.9 Å². The first-order valence-corrected chi connectivity index (χ1v) is 8.63. The maximum Gasteiger partial charge on any atom is 0.191 e. The zero-order valence-corrected chi connectivity index (χ0v) is 17.6. The normalized spacial score (nSPS) is 20.1. The van der Waals surface area contributed by atoms with E-state index in [0.717, 1.165) is 31.6 Å². The van der Waals surface area contributed by atoms with Crippen molar-refractivity contribution in [3.8, 4) is 5.75 Å². The standard InChI is InChI=1S/C18H28FN3O2.HI/c1-4-20-17(22-13-18(3)9-6-10-24-18)21-12-14-7-8-16(23-5-2)15(19)11-14;/h7-8,11H,4-6,9-10,12-13H2,1-3H3,(H2,20,21,22);1H. The molecule has 142 valence electrons. The second-order valence-electron chi connectivity index (χ2n) is 6.15. The number of guanidine groups is 1. The molecule has 0 bridgehead atoms. The van der Waals surface area contributed by atoms with Crippen molar-refractivity contribution in [2.45, 2.75) is 45.8 Å². The molecule has 1 aliphatic heterocycles. The molecule has 25 heavy (non-hydrogen) atoms. The molecule has 1 unspecified atom stereocenters. The number of nitrogens with zero attached hydrogens (tertiary/aromatic N) is 1. The summed E-state index contributed by atoms with van der Waals surface area (Å²) in [5.41, 5.74) is 0.665. The number of benzene rings is 1. The van der Waals surface area contributed by atoms with E-state index in [2.05, 4.69) is 22.5 Å². The van der Waals surface area contributed by atoms with Crippen molar-refractivity contribution < 1.29 is 13.9 Å². The third kappa shape index (κ3) is 6.97. The van der Waals surface area contributed by atoms with Gasteiger partial charge in [0.2, 0.25) is 0 Å². The van der Waals surface area contributed by atoms with Crippen LogP contribution in [0.3, 0.4) is 0 Å². The van der Waals surface area contributed by atoms with Crippen LogP contribution in [0.4, 0.5) is 4.39 Å². The molecule has 2 N–H and O–H groups in total. The predicted molar refractivity (Wildman–Crippen MR) is 109 cm³/mol. The van der Waals surface area contributed by atoms with Crippen LogP contribution in [-0.2, 0) is 11.3 Å². The van der Waals surface area contributed by atoms with Gasteiger partial charge in [-0.2, -0.15) is 0 Å². The van der Waals surface area contributed by atoms with Gasteiger partial charge in [0, 0.05) is 19.7 Å².